The van der Waals surface area contributed by atoms with Crippen molar-refractivity contribution in [3.05, 3.63) is 75.1 Å². The fraction of sp³-hybridized carbons (Fsp3) is 0.174. The van der Waals surface area contributed by atoms with Gasteiger partial charge in [0.15, 0.2) is 12.7 Å². The maximum Gasteiger partial charge on any atom is 0.347 e. The molecule has 1 amide bonds. The van der Waals surface area contributed by atoms with Crippen LogP contribution in [0.15, 0.2) is 48.5 Å². The minimum absolute atomic E-state index is 0.254. The van der Waals surface area contributed by atoms with Gasteiger partial charge in [-0.2, -0.15) is 9.37 Å². The molecule has 0 aliphatic rings. The monoisotopic (exact) mass is 525 g/mol. The van der Waals surface area contributed by atoms with Crippen LogP contribution in [0, 0.1) is 12.9 Å². The van der Waals surface area contributed by atoms with Crippen molar-refractivity contribution in [1.82, 2.24) is 4.98 Å². The number of hydrogen-bond acceptors (Lipinski definition) is 6. The van der Waals surface area contributed by atoms with Crippen molar-refractivity contribution in [3.8, 4) is 5.88 Å². The topological polar surface area (TPSA) is 94.8 Å². The lowest BCUT2D eigenvalue weighted by Crippen LogP contribution is -2.34. The molecule has 11 heteroatoms. The van der Waals surface area contributed by atoms with Crippen molar-refractivity contribution >= 4 is 63.7 Å². The van der Waals surface area contributed by atoms with Gasteiger partial charge in [0.2, 0.25) is 11.8 Å². The molecular weight excluding hydrogens is 508 g/mol. The molecule has 34 heavy (non-hydrogen) atoms. The molecule has 0 spiro atoms. The normalized spacial score (nSPS) is 11.6. The van der Waals surface area contributed by atoms with Gasteiger partial charge in [-0.15, -0.1) is 0 Å². The van der Waals surface area contributed by atoms with Gasteiger partial charge in [0.1, 0.15) is 10.0 Å². The maximum atomic E-state index is 13.8. The van der Waals surface area contributed by atoms with E-state index >= 15 is 0 Å². The molecule has 0 saturated heterocycles. The molecule has 3 aromatic rings. The van der Waals surface area contributed by atoms with E-state index in [4.69, 9.17) is 50.0 Å². The predicted octanol–water partition coefficient (Wildman–Crippen LogP) is 5.75. The van der Waals surface area contributed by atoms with Gasteiger partial charge in [-0.25, -0.2) is 4.79 Å². The molecule has 2 aromatic carbocycles. The predicted molar refractivity (Wildman–Crippen MR) is 129 cm³/mol. The van der Waals surface area contributed by atoms with Crippen LogP contribution >= 0.6 is 34.8 Å². The summed E-state index contributed by atoms with van der Waals surface area (Å²) in [5, 5.41) is -0.212. The highest BCUT2D eigenvalue weighted by molar-refractivity contribution is 6.39. The van der Waals surface area contributed by atoms with Crippen molar-refractivity contribution < 1.29 is 23.5 Å². The lowest BCUT2D eigenvalue weighted by atomic mass is 10.2. The number of halogens is 4. The Morgan fingerprint density at radius 3 is 2.41 bits per heavy atom. The van der Waals surface area contributed by atoms with Crippen LogP contribution in [0.25, 0.3) is 0 Å². The zero-order valence-corrected chi connectivity index (χ0v) is 20.3. The molecule has 2 N–H and O–H groups in total. The molecule has 178 valence electrons. The average molecular weight is 527 g/mol. The largest absolute Gasteiger partial charge is 0.461 e. The van der Waals surface area contributed by atoms with Gasteiger partial charge in [0, 0.05) is 16.4 Å². The van der Waals surface area contributed by atoms with Crippen LogP contribution in [0.2, 0.25) is 15.1 Å². The van der Waals surface area contributed by atoms with Crippen LogP contribution in [0.3, 0.4) is 0 Å². The van der Waals surface area contributed by atoms with Gasteiger partial charge in [-0.05, 0) is 55.8 Å². The Hall–Kier alpha value is -3.07. The first-order valence-corrected chi connectivity index (χ1v) is 11.0. The highest BCUT2D eigenvalue weighted by Crippen LogP contribution is 2.35. The second-order valence-corrected chi connectivity index (χ2v) is 8.35. The van der Waals surface area contributed by atoms with Crippen molar-refractivity contribution in [3.63, 3.8) is 0 Å². The third kappa shape index (κ3) is 5.88. The van der Waals surface area contributed by atoms with Crippen molar-refractivity contribution in [2.75, 3.05) is 17.2 Å². The molecule has 0 aliphatic heterocycles. The summed E-state index contributed by atoms with van der Waals surface area (Å²) < 4.78 is 24.2. The molecule has 0 saturated carbocycles. The molecule has 3 rings (SSSR count). The number of aryl methyl sites for hydroxylation is 1. The summed E-state index contributed by atoms with van der Waals surface area (Å²) in [5.41, 5.74) is 7.36. The molecule has 0 radical (unpaired) electrons. The summed E-state index contributed by atoms with van der Waals surface area (Å²) in [7, 11) is 0. The first-order valence-electron chi connectivity index (χ1n) is 9.87. The Morgan fingerprint density at radius 1 is 1.09 bits per heavy atom. The Labute approximate surface area is 210 Å². The van der Waals surface area contributed by atoms with Gasteiger partial charge in [0.25, 0.3) is 5.91 Å². The summed E-state index contributed by atoms with van der Waals surface area (Å²) in [6, 6.07) is 13.9. The van der Waals surface area contributed by atoms with Crippen LogP contribution < -0.4 is 15.4 Å². The highest BCUT2D eigenvalue weighted by atomic mass is 35.5. The second kappa shape index (κ2) is 10.9. The van der Waals surface area contributed by atoms with E-state index in [9.17, 15) is 14.0 Å². The van der Waals surface area contributed by atoms with Crippen molar-refractivity contribution in [1.29, 1.82) is 0 Å². The Morgan fingerprint density at radius 2 is 1.76 bits per heavy atom. The summed E-state index contributed by atoms with van der Waals surface area (Å²) in [6.45, 7) is 2.62. The number of pyridine rings is 1. The number of nitrogens with zero attached hydrogens (tertiary/aromatic N) is 2. The van der Waals surface area contributed by atoms with E-state index in [1.165, 1.54) is 11.8 Å². The molecule has 0 fully saturated rings. The second-order valence-electron chi connectivity index (χ2n) is 7.16. The number of nitrogens with two attached hydrogens (primary N) is 1. The molecule has 0 bridgehead atoms. The highest BCUT2D eigenvalue weighted by Gasteiger charge is 2.25. The number of anilines is 3. The fourth-order valence-electron chi connectivity index (χ4n) is 2.91. The molecule has 1 atom stereocenters. The quantitative estimate of drug-likeness (QED) is 0.311. The van der Waals surface area contributed by atoms with Gasteiger partial charge in [0.05, 0.1) is 5.69 Å². The van der Waals surface area contributed by atoms with Gasteiger partial charge >= 0.3 is 5.97 Å². The minimum Gasteiger partial charge on any atom is -0.461 e. The Bertz CT molecular complexity index is 1220. The van der Waals surface area contributed by atoms with Crippen LogP contribution in [0.1, 0.15) is 12.5 Å². The maximum absolute atomic E-state index is 13.8. The van der Waals surface area contributed by atoms with E-state index in [1.54, 1.807) is 36.4 Å². The van der Waals surface area contributed by atoms with Crippen LogP contribution in [0.5, 0.6) is 5.88 Å². The van der Waals surface area contributed by atoms with E-state index in [1.807, 2.05) is 19.1 Å². The summed E-state index contributed by atoms with van der Waals surface area (Å²) >= 11 is 17.6. The van der Waals surface area contributed by atoms with Gasteiger partial charge in [-0.1, -0.05) is 46.9 Å². The molecule has 7 nitrogen and oxygen atoms in total. The number of rotatable bonds is 7. The molecular formula is C23H19Cl3FN3O4. The number of amides is 1. The number of esters is 1. The Balaban J connectivity index is 1.74. The lowest BCUT2D eigenvalue weighted by Gasteiger charge is -2.24. The average Bonchev–Trinajstić information content (AvgIpc) is 2.81. The summed E-state index contributed by atoms with van der Waals surface area (Å²) in [4.78, 5) is 30.3. The number of aromatic nitrogens is 1. The van der Waals surface area contributed by atoms with E-state index in [0.717, 1.165) is 5.56 Å². The van der Waals surface area contributed by atoms with Crippen molar-refractivity contribution in [2.24, 2.45) is 0 Å². The van der Waals surface area contributed by atoms with E-state index in [-0.39, 0.29) is 10.7 Å². The van der Waals surface area contributed by atoms with Crippen LogP contribution in [-0.4, -0.2) is 29.6 Å². The molecule has 0 unspecified atom stereocenters. The summed E-state index contributed by atoms with van der Waals surface area (Å²) in [5.74, 6) is -2.96. The number of carbonyl (C=O) groups excluding carboxylic acids is 2. The third-order valence-corrected chi connectivity index (χ3v) is 5.57. The number of nitrogen functional groups attached to an aromatic ring is 1. The minimum atomic E-state index is -1.28. The first kappa shape index (κ1) is 25.6. The SMILES string of the molecule is Cc1cccc(N(C(=O)COC(=O)[C@@H](C)Oc2nc(F)c(Cl)c(N)c2Cl)c2ccc(Cl)cc2)c1. The zero-order valence-electron chi connectivity index (χ0n) is 18.0. The van der Waals surface area contributed by atoms with E-state index in [2.05, 4.69) is 4.98 Å². The molecule has 1 aromatic heterocycles. The zero-order chi connectivity index (χ0) is 25.0. The summed E-state index contributed by atoms with van der Waals surface area (Å²) in [6.07, 6.45) is -1.28. The van der Waals surface area contributed by atoms with Gasteiger partial charge in [-0.3, -0.25) is 9.69 Å². The molecule has 0 aliphatic carbocycles. The van der Waals surface area contributed by atoms with E-state index in [0.29, 0.717) is 16.4 Å². The fourth-order valence-corrected chi connectivity index (χ4v) is 3.41. The number of hydrogen-bond donors (Lipinski definition) is 1. The molecule has 1 heterocycles. The lowest BCUT2D eigenvalue weighted by molar-refractivity contribution is -0.154. The van der Waals surface area contributed by atoms with E-state index < -0.39 is 41.4 Å². The standard InChI is InChI=1S/C23H19Cl3FN3O4/c1-12-4-3-5-16(10-12)30(15-8-6-14(24)7-9-15)17(31)11-33-23(32)13(2)34-22-19(26)20(28)18(25)21(27)29-22/h3-10,13H,11H2,1-2H3,(H2,28,29)/t13-/m1/s1. The van der Waals surface area contributed by atoms with Gasteiger partial charge < -0.3 is 15.2 Å². The smallest absolute Gasteiger partial charge is 0.347 e. The van der Waals surface area contributed by atoms with Crippen molar-refractivity contribution in [2.45, 2.75) is 20.0 Å². The first-order chi connectivity index (χ1) is 16.1. The van der Waals surface area contributed by atoms with Crippen LogP contribution in [0.4, 0.5) is 21.5 Å². The Kier molecular flexibility index (Phi) is 8.19. The number of ether oxygens (including phenoxy) is 2. The third-order valence-electron chi connectivity index (χ3n) is 4.59. The van der Waals surface area contributed by atoms with Crippen LogP contribution in [-0.2, 0) is 14.3 Å². The number of benzene rings is 2. The number of carbonyl (C=O) groups is 2.